The van der Waals surface area contributed by atoms with Gasteiger partial charge in [-0.1, -0.05) is 0 Å². The lowest BCUT2D eigenvalue weighted by Gasteiger charge is -2.08. The fourth-order valence-corrected chi connectivity index (χ4v) is 0.940. The van der Waals surface area contributed by atoms with Crippen molar-refractivity contribution < 1.29 is 9.59 Å². The molecule has 12 heteroatoms. The van der Waals surface area contributed by atoms with Crippen molar-refractivity contribution in [3.63, 3.8) is 0 Å². The molecule has 0 rings (SSSR count). The van der Waals surface area contributed by atoms with E-state index in [-0.39, 0.29) is 11.9 Å². The van der Waals surface area contributed by atoms with Crippen LogP contribution in [0.1, 0.15) is 12.8 Å². The van der Waals surface area contributed by atoms with Gasteiger partial charge in [-0.25, -0.2) is 16.1 Å². The number of carbonyl (C=O) groups is 2. The summed E-state index contributed by atoms with van der Waals surface area (Å²) in [7, 11) is 0. The van der Waals surface area contributed by atoms with Crippen LogP contribution in [0, 0.1) is 0 Å². The van der Waals surface area contributed by atoms with Crippen LogP contribution in [0.2, 0.25) is 0 Å². The van der Waals surface area contributed by atoms with E-state index in [0.29, 0.717) is 19.5 Å². The minimum absolute atomic E-state index is 0.136. The molecule has 0 aromatic heterocycles. The van der Waals surface area contributed by atoms with Gasteiger partial charge in [-0.05, 0) is 12.8 Å². The highest BCUT2D eigenvalue weighted by molar-refractivity contribution is 5.83. The molecular weight excluding hydrogens is 268 g/mol. The molecule has 0 saturated carbocycles. The van der Waals surface area contributed by atoms with Gasteiger partial charge in [0.15, 0.2) is 0 Å². The van der Waals surface area contributed by atoms with Gasteiger partial charge in [0.25, 0.3) is 0 Å². The zero-order valence-corrected chi connectivity index (χ0v) is 10.8. The van der Waals surface area contributed by atoms with Gasteiger partial charge in [-0.2, -0.15) is 0 Å². The molecule has 0 unspecified atom stereocenters. The number of hydrogen-bond acceptors (Lipinski definition) is 5. The zero-order chi connectivity index (χ0) is 15.2. The van der Waals surface area contributed by atoms with Crippen LogP contribution in [-0.2, 0) is 4.79 Å². The standard InChI is InChI=1S/C8H20N10O2/c9-6(14-11)15-16-7(10)17-18-8(20)13-4-2-1-3-12-5-19/h5H,1-4,11H2,(H,12,19)(H3,9,14,15)(H3,10,16,17)(H2,13,18,20). The quantitative estimate of drug-likeness (QED) is 0.0589. The second kappa shape index (κ2) is 11.3. The number of nitrogens with two attached hydrogens (primary N) is 3. The van der Waals surface area contributed by atoms with Crippen molar-refractivity contribution in [1.29, 1.82) is 0 Å². The van der Waals surface area contributed by atoms with Crippen LogP contribution < -0.4 is 44.2 Å². The number of carbonyl (C=O) groups excluding carboxylic acids is 2. The van der Waals surface area contributed by atoms with Gasteiger partial charge in [0, 0.05) is 13.1 Å². The van der Waals surface area contributed by atoms with Gasteiger partial charge in [0.05, 0.1) is 0 Å². The van der Waals surface area contributed by atoms with Crippen LogP contribution in [0.5, 0.6) is 0 Å². The van der Waals surface area contributed by atoms with Gasteiger partial charge < -0.3 is 22.1 Å². The number of rotatable bonds is 7. The Kier molecular flexibility index (Phi) is 9.77. The Bertz CT molecular complexity index is 355. The third-order valence-corrected chi connectivity index (χ3v) is 1.83. The summed E-state index contributed by atoms with van der Waals surface area (Å²) in [4.78, 5) is 21.2. The van der Waals surface area contributed by atoms with Crippen LogP contribution in [0.3, 0.4) is 0 Å². The van der Waals surface area contributed by atoms with Crippen molar-refractivity contribution in [2.24, 2.45) is 27.5 Å². The molecule has 0 saturated heterocycles. The molecule has 3 amide bonds. The minimum Gasteiger partial charge on any atom is -0.367 e. The molecule has 11 N–H and O–H groups in total. The first kappa shape index (κ1) is 17.2. The van der Waals surface area contributed by atoms with Crippen molar-refractivity contribution in [1.82, 2.24) is 26.9 Å². The zero-order valence-electron chi connectivity index (χ0n) is 10.8. The predicted octanol–water partition coefficient (Wildman–Crippen LogP) is -3.68. The van der Waals surface area contributed by atoms with Crippen LogP contribution in [0.25, 0.3) is 0 Å². The topological polar surface area (TPSA) is 197 Å². The Morgan fingerprint density at radius 2 is 1.70 bits per heavy atom. The first-order chi connectivity index (χ1) is 9.60. The van der Waals surface area contributed by atoms with E-state index in [2.05, 4.69) is 31.7 Å². The lowest BCUT2D eigenvalue weighted by molar-refractivity contribution is -0.109. The summed E-state index contributed by atoms with van der Waals surface area (Å²) in [5.41, 5.74) is 17.1. The molecule has 0 heterocycles. The predicted molar refractivity (Wildman–Crippen MR) is 73.5 cm³/mol. The van der Waals surface area contributed by atoms with Gasteiger partial charge in [0.1, 0.15) is 0 Å². The number of guanidine groups is 2. The van der Waals surface area contributed by atoms with Gasteiger partial charge in [0.2, 0.25) is 18.3 Å². The van der Waals surface area contributed by atoms with Crippen molar-refractivity contribution in [3.8, 4) is 0 Å². The summed E-state index contributed by atoms with van der Waals surface area (Å²) in [5, 5.41) is 11.9. The van der Waals surface area contributed by atoms with Crippen molar-refractivity contribution in [3.05, 3.63) is 0 Å². The van der Waals surface area contributed by atoms with E-state index in [4.69, 9.17) is 17.3 Å². The molecular formula is C8H20N10O2. The number of nitrogens with one attached hydrogen (secondary N) is 5. The number of amides is 3. The van der Waals surface area contributed by atoms with Crippen LogP contribution in [0.4, 0.5) is 4.79 Å². The normalized spacial score (nSPS) is 11.4. The smallest absolute Gasteiger partial charge is 0.333 e. The van der Waals surface area contributed by atoms with Crippen molar-refractivity contribution in [2.75, 3.05) is 13.1 Å². The number of nitrogens with zero attached hydrogens (tertiary/aromatic N) is 2. The average Bonchev–Trinajstić information content (AvgIpc) is 2.46. The maximum Gasteiger partial charge on any atom is 0.333 e. The highest BCUT2D eigenvalue weighted by Crippen LogP contribution is 1.83. The number of unbranched alkanes of at least 4 members (excludes halogenated alkanes) is 1. The van der Waals surface area contributed by atoms with E-state index in [0.717, 1.165) is 12.8 Å². The monoisotopic (exact) mass is 288 g/mol. The Balaban J connectivity index is 3.69. The molecule has 0 spiro atoms. The molecule has 0 aliphatic heterocycles. The second-order valence-corrected chi connectivity index (χ2v) is 3.40. The Labute approximate surface area is 115 Å². The molecule has 114 valence electrons. The molecule has 0 aromatic carbocycles. The fraction of sp³-hybridized carbons (Fsp3) is 0.500. The summed E-state index contributed by atoms with van der Waals surface area (Å²) in [5.74, 6) is 4.63. The molecule has 0 aliphatic rings. The van der Waals surface area contributed by atoms with E-state index >= 15 is 0 Å². The van der Waals surface area contributed by atoms with Crippen LogP contribution in [0.15, 0.2) is 10.2 Å². The van der Waals surface area contributed by atoms with E-state index in [9.17, 15) is 9.59 Å². The molecule has 0 aliphatic carbocycles. The summed E-state index contributed by atoms with van der Waals surface area (Å²) >= 11 is 0. The summed E-state index contributed by atoms with van der Waals surface area (Å²) in [6, 6.07) is -0.486. The second-order valence-electron chi connectivity index (χ2n) is 3.40. The third-order valence-electron chi connectivity index (χ3n) is 1.83. The van der Waals surface area contributed by atoms with E-state index < -0.39 is 6.03 Å². The summed E-state index contributed by atoms with van der Waals surface area (Å²) in [6.45, 7) is 1.02. The maximum atomic E-state index is 11.3. The van der Waals surface area contributed by atoms with E-state index in [1.165, 1.54) is 0 Å². The van der Waals surface area contributed by atoms with E-state index in [1.54, 1.807) is 0 Å². The largest absolute Gasteiger partial charge is 0.367 e. The van der Waals surface area contributed by atoms with Crippen LogP contribution in [-0.4, -0.2) is 37.4 Å². The third kappa shape index (κ3) is 10.4. The molecule has 0 fully saturated rings. The Morgan fingerprint density at radius 1 is 1.05 bits per heavy atom. The summed E-state index contributed by atoms with van der Waals surface area (Å²) in [6.07, 6.45) is 2.11. The molecule has 0 bridgehead atoms. The fourth-order valence-electron chi connectivity index (χ4n) is 0.940. The van der Waals surface area contributed by atoms with E-state index in [1.807, 2.05) is 5.43 Å². The Morgan fingerprint density at radius 3 is 2.35 bits per heavy atom. The Hall–Kier alpha value is -2.76. The molecule has 12 nitrogen and oxygen atoms in total. The SMILES string of the molecule is NN/C(N)=N/N=C(\N)NNC(=O)NCCCCNC=O. The maximum absolute atomic E-state index is 11.3. The van der Waals surface area contributed by atoms with Crippen LogP contribution >= 0.6 is 0 Å². The minimum atomic E-state index is -0.486. The van der Waals surface area contributed by atoms with Crippen molar-refractivity contribution >= 4 is 24.4 Å². The van der Waals surface area contributed by atoms with Gasteiger partial charge in [-0.15, -0.1) is 10.2 Å². The molecule has 0 atom stereocenters. The first-order valence-corrected chi connectivity index (χ1v) is 5.70. The number of urea groups is 1. The molecule has 20 heavy (non-hydrogen) atoms. The molecule has 0 aromatic rings. The van der Waals surface area contributed by atoms with Gasteiger partial charge in [-0.3, -0.25) is 15.6 Å². The highest BCUT2D eigenvalue weighted by atomic mass is 16.2. The first-order valence-electron chi connectivity index (χ1n) is 5.70. The average molecular weight is 288 g/mol. The number of hydrogen-bond donors (Lipinski definition) is 8. The number of hydrazine groups is 2. The highest BCUT2D eigenvalue weighted by Gasteiger charge is 1.99. The van der Waals surface area contributed by atoms with Crippen molar-refractivity contribution in [2.45, 2.75) is 12.8 Å². The van der Waals surface area contributed by atoms with Gasteiger partial charge >= 0.3 is 6.03 Å². The molecule has 0 radical (unpaired) electrons. The lowest BCUT2D eigenvalue weighted by Crippen LogP contribution is -2.49. The lowest BCUT2D eigenvalue weighted by atomic mass is 10.3. The summed E-state index contributed by atoms with van der Waals surface area (Å²) < 4.78 is 0.